The van der Waals surface area contributed by atoms with Gasteiger partial charge in [0.2, 0.25) is 5.78 Å². The van der Waals surface area contributed by atoms with Gasteiger partial charge in [0.15, 0.2) is 0 Å². The third-order valence-electron chi connectivity index (χ3n) is 3.32. The van der Waals surface area contributed by atoms with E-state index in [4.69, 9.17) is 9.84 Å². The molecule has 0 amide bonds. The lowest BCUT2D eigenvalue weighted by molar-refractivity contribution is 0.103. The number of aliphatic hydroxyl groups excluding tert-OH is 1. The Hall–Kier alpha value is -2.62. The van der Waals surface area contributed by atoms with Gasteiger partial charge in [0.25, 0.3) is 10.1 Å². The lowest BCUT2D eigenvalue weighted by atomic mass is 10.00. The Labute approximate surface area is 137 Å². The lowest BCUT2D eigenvalue weighted by Gasteiger charge is -2.11. The number of methoxy groups -OCH3 is 1. The number of phenolic OH excluding ortho intramolecular Hbond substituents is 2. The number of carbonyl (C=O) groups excluding carboxylic acids is 1. The van der Waals surface area contributed by atoms with E-state index in [0.717, 1.165) is 12.1 Å². The summed E-state index contributed by atoms with van der Waals surface area (Å²) in [7, 11) is -3.36. The number of aliphatic hydroxyl groups is 1. The fraction of sp³-hybridized carbons (Fsp3) is 0.133. The molecule has 24 heavy (non-hydrogen) atoms. The molecule has 0 saturated heterocycles. The van der Waals surface area contributed by atoms with E-state index >= 15 is 0 Å². The second-order valence-corrected chi connectivity index (χ2v) is 6.21. The van der Waals surface area contributed by atoms with Crippen LogP contribution in [0.5, 0.6) is 17.2 Å². The zero-order chi connectivity index (χ0) is 18.1. The average Bonchev–Trinajstić information content (AvgIpc) is 2.52. The van der Waals surface area contributed by atoms with Gasteiger partial charge in [-0.3, -0.25) is 9.35 Å². The number of benzene rings is 2. The fourth-order valence-corrected chi connectivity index (χ4v) is 2.85. The van der Waals surface area contributed by atoms with E-state index in [2.05, 4.69) is 0 Å². The van der Waals surface area contributed by atoms with Crippen LogP contribution in [0.1, 0.15) is 21.5 Å². The summed E-state index contributed by atoms with van der Waals surface area (Å²) in [6.45, 7) is -0.773. The smallest absolute Gasteiger partial charge is 0.294 e. The minimum absolute atomic E-state index is 0.205. The molecule has 0 radical (unpaired) electrons. The van der Waals surface area contributed by atoms with Gasteiger partial charge in [-0.05, 0) is 24.3 Å². The third kappa shape index (κ3) is 3.32. The topological polar surface area (TPSA) is 141 Å². The SMILES string of the molecule is COc1ccc(C(=O)c2cc(S(=O)(=O)O)c(CO)cc2O)c(O)c1. The van der Waals surface area contributed by atoms with Crippen molar-refractivity contribution in [1.82, 2.24) is 0 Å². The second-order valence-electron chi connectivity index (χ2n) is 4.82. The highest BCUT2D eigenvalue weighted by Gasteiger charge is 2.24. The van der Waals surface area contributed by atoms with Gasteiger partial charge in [-0.15, -0.1) is 0 Å². The molecule has 128 valence electrons. The van der Waals surface area contributed by atoms with Crippen LogP contribution in [-0.4, -0.2) is 41.2 Å². The zero-order valence-corrected chi connectivity index (χ0v) is 13.2. The maximum atomic E-state index is 12.5. The number of carbonyl (C=O) groups is 1. The van der Waals surface area contributed by atoms with Gasteiger partial charge >= 0.3 is 0 Å². The van der Waals surface area contributed by atoms with Crippen molar-refractivity contribution in [3.63, 3.8) is 0 Å². The summed E-state index contributed by atoms with van der Waals surface area (Å²) in [6, 6.07) is 5.41. The maximum absolute atomic E-state index is 12.5. The summed E-state index contributed by atoms with van der Waals surface area (Å²) in [4.78, 5) is 11.8. The molecule has 2 rings (SSSR count). The fourth-order valence-electron chi connectivity index (χ4n) is 2.13. The van der Waals surface area contributed by atoms with Crippen molar-refractivity contribution in [2.24, 2.45) is 0 Å². The summed E-state index contributed by atoms with van der Waals surface area (Å²) in [6.07, 6.45) is 0. The van der Waals surface area contributed by atoms with Crippen molar-refractivity contribution in [3.05, 3.63) is 47.0 Å². The monoisotopic (exact) mass is 354 g/mol. The van der Waals surface area contributed by atoms with Gasteiger partial charge in [-0.25, -0.2) is 0 Å². The van der Waals surface area contributed by atoms with Crippen LogP contribution in [0, 0.1) is 0 Å². The van der Waals surface area contributed by atoms with Crippen LogP contribution in [0.15, 0.2) is 35.2 Å². The van der Waals surface area contributed by atoms with Crippen LogP contribution in [0.2, 0.25) is 0 Å². The molecule has 2 aromatic rings. The molecule has 0 unspecified atom stereocenters. The number of phenols is 2. The first-order valence-corrected chi connectivity index (χ1v) is 7.99. The van der Waals surface area contributed by atoms with E-state index < -0.39 is 44.5 Å². The summed E-state index contributed by atoms with van der Waals surface area (Å²) >= 11 is 0. The van der Waals surface area contributed by atoms with Crippen molar-refractivity contribution < 1.29 is 37.8 Å². The number of aromatic hydroxyl groups is 2. The molecular weight excluding hydrogens is 340 g/mol. The van der Waals surface area contributed by atoms with Crippen LogP contribution in [0.3, 0.4) is 0 Å². The Morgan fingerprint density at radius 2 is 1.71 bits per heavy atom. The van der Waals surface area contributed by atoms with Crippen molar-refractivity contribution in [1.29, 1.82) is 0 Å². The van der Waals surface area contributed by atoms with Crippen LogP contribution < -0.4 is 4.74 Å². The van der Waals surface area contributed by atoms with Gasteiger partial charge in [0.1, 0.15) is 22.1 Å². The van der Waals surface area contributed by atoms with Crippen molar-refractivity contribution in [2.45, 2.75) is 11.5 Å². The quantitative estimate of drug-likeness (QED) is 0.461. The van der Waals surface area contributed by atoms with Crippen molar-refractivity contribution in [2.75, 3.05) is 7.11 Å². The van der Waals surface area contributed by atoms with Crippen LogP contribution in [0.25, 0.3) is 0 Å². The van der Waals surface area contributed by atoms with Crippen molar-refractivity contribution >= 4 is 15.9 Å². The van der Waals surface area contributed by atoms with E-state index in [1.165, 1.54) is 25.3 Å². The molecule has 0 heterocycles. The summed E-state index contributed by atoms with van der Waals surface area (Å²) < 4.78 is 36.8. The van der Waals surface area contributed by atoms with Crippen LogP contribution in [0.4, 0.5) is 0 Å². The molecule has 0 aliphatic heterocycles. The first-order chi connectivity index (χ1) is 11.2. The summed E-state index contributed by atoms with van der Waals surface area (Å²) in [5.41, 5.74) is -0.935. The third-order valence-corrected chi connectivity index (χ3v) is 4.26. The Kier molecular flexibility index (Phi) is 4.78. The van der Waals surface area contributed by atoms with Gasteiger partial charge in [0, 0.05) is 11.6 Å². The molecule has 0 aliphatic rings. The molecule has 0 spiro atoms. The molecule has 0 saturated carbocycles. The molecule has 0 bridgehead atoms. The second kappa shape index (κ2) is 6.48. The highest BCUT2D eigenvalue weighted by atomic mass is 32.2. The molecule has 0 atom stereocenters. The highest BCUT2D eigenvalue weighted by Crippen LogP contribution is 2.31. The number of rotatable bonds is 5. The molecule has 4 N–H and O–H groups in total. The van der Waals surface area contributed by atoms with E-state index in [9.17, 15) is 28.0 Å². The largest absolute Gasteiger partial charge is 0.507 e. The minimum atomic E-state index is -4.73. The standard InChI is InChI=1S/C15H14O8S/c1-23-9-2-3-10(13(18)5-9)15(19)11-6-14(24(20,21)22)8(7-16)4-12(11)17/h2-6,16-18H,7H2,1H3,(H,20,21,22). The Morgan fingerprint density at radius 1 is 1.08 bits per heavy atom. The van der Waals surface area contributed by atoms with E-state index in [-0.39, 0.29) is 11.1 Å². The number of hydrogen-bond donors (Lipinski definition) is 4. The van der Waals surface area contributed by atoms with E-state index in [0.29, 0.717) is 5.75 Å². The first kappa shape index (κ1) is 17.7. The van der Waals surface area contributed by atoms with Gasteiger partial charge in [-0.2, -0.15) is 8.42 Å². The maximum Gasteiger partial charge on any atom is 0.294 e. The van der Waals surface area contributed by atoms with Crippen molar-refractivity contribution in [3.8, 4) is 17.2 Å². The van der Waals surface area contributed by atoms with Gasteiger partial charge in [-0.1, -0.05) is 0 Å². The zero-order valence-electron chi connectivity index (χ0n) is 12.4. The number of ether oxygens (including phenoxy) is 1. The Bertz CT molecular complexity index is 902. The lowest BCUT2D eigenvalue weighted by Crippen LogP contribution is -2.08. The van der Waals surface area contributed by atoms with E-state index in [1.807, 2.05) is 0 Å². The number of hydrogen-bond acceptors (Lipinski definition) is 7. The molecule has 9 heteroatoms. The van der Waals surface area contributed by atoms with Crippen LogP contribution >= 0.6 is 0 Å². The van der Waals surface area contributed by atoms with Crippen LogP contribution in [-0.2, 0) is 16.7 Å². The molecule has 0 fully saturated rings. The molecule has 0 aromatic heterocycles. The Morgan fingerprint density at radius 3 is 2.21 bits per heavy atom. The predicted octanol–water partition coefficient (Wildman–Crippen LogP) is 1.08. The highest BCUT2D eigenvalue weighted by molar-refractivity contribution is 7.85. The van der Waals surface area contributed by atoms with E-state index in [1.54, 1.807) is 0 Å². The number of ketones is 1. The van der Waals surface area contributed by atoms with Gasteiger partial charge < -0.3 is 20.1 Å². The van der Waals surface area contributed by atoms with Gasteiger partial charge in [0.05, 0.1) is 24.8 Å². The summed E-state index contributed by atoms with van der Waals surface area (Å²) in [5, 5.41) is 28.9. The normalized spacial score (nSPS) is 11.3. The predicted molar refractivity (Wildman–Crippen MR) is 81.9 cm³/mol. The first-order valence-electron chi connectivity index (χ1n) is 6.55. The Balaban J connectivity index is 2.62. The average molecular weight is 354 g/mol. The minimum Gasteiger partial charge on any atom is -0.507 e. The summed E-state index contributed by atoms with van der Waals surface area (Å²) in [5.74, 6) is -1.62. The molecule has 8 nitrogen and oxygen atoms in total. The molecule has 2 aromatic carbocycles. The molecule has 0 aliphatic carbocycles. The molecular formula is C15H14O8S.